The second-order valence-corrected chi connectivity index (χ2v) is 12.7. The zero-order valence-corrected chi connectivity index (χ0v) is 27.6. The van der Waals surface area contributed by atoms with Crippen molar-refractivity contribution < 1.29 is 23.6 Å². The van der Waals surface area contributed by atoms with Crippen LogP contribution in [0.15, 0.2) is 72.8 Å². The van der Waals surface area contributed by atoms with Crippen molar-refractivity contribution in [2.45, 2.75) is 104 Å². The molecule has 6 nitrogen and oxygen atoms in total. The molecule has 3 aromatic rings. The molecule has 236 valence electrons. The van der Waals surface area contributed by atoms with Crippen LogP contribution in [0.2, 0.25) is 0 Å². The molecular formula is C37H50BNO5. The van der Waals surface area contributed by atoms with Gasteiger partial charge in [0.2, 0.25) is 0 Å². The van der Waals surface area contributed by atoms with Crippen molar-refractivity contribution in [3.05, 3.63) is 78.4 Å². The summed E-state index contributed by atoms with van der Waals surface area (Å²) in [5.41, 5.74) is 2.11. The van der Waals surface area contributed by atoms with Gasteiger partial charge in [-0.1, -0.05) is 64.5 Å². The summed E-state index contributed by atoms with van der Waals surface area (Å²) in [4.78, 5) is 15.8. The van der Waals surface area contributed by atoms with Gasteiger partial charge in [-0.3, -0.25) is 9.69 Å². The fraction of sp³-hybridized carbons (Fsp3) is 0.486. The molecule has 0 N–H and O–H groups in total. The number of nitrogens with zero attached hydrogens (tertiary/aromatic N) is 1. The molecule has 3 aromatic carbocycles. The molecule has 0 aromatic heterocycles. The fourth-order valence-corrected chi connectivity index (χ4v) is 5.10. The SMILES string of the molecule is CCCCCCOc1ccc(N(C(=O)c2ccc(B3OC(C)(C)C(C)(C)O3)cc2)c2ccc(OCCCCCC)cc2)cc1. The average molecular weight is 600 g/mol. The largest absolute Gasteiger partial charge is 0.494 e. The van der Waals surface area contributed by atoms with Crippen molar-refractivity contribution in [1.82, 2.24) is 0 Å². The third-order valence-corrected chi connectivity index (χ3v) is 8.61. The first-order valence-corrected chi connectivity index (χ1v) is 16.4. The summed E-state index contributed by atoms with van der Waals surface area (Å²) in [6.45, 7) is 13.9. The average Bonchev–Trinajstić information content (AvgIpc) is 3.24. The summed E-state index contributed by atoms with van der Waals surface area (Å²) in [6.07, 6.45) is 9.26. The van der Waals surface area contributed by atoms with E-state index in [9.17, 15) is 4.79 Å². The van der Waals surface area contributed by atoms with Crippen LogP contribution in [0.1, 0.15) is 103 Å². The summed E-state index contributed by atoms with van der Waals surface area (Å²) in [5, 5.41) is 0. The standard InChI is InChI=1S/C37H50BNO5/c1-7-9-11-13-27-41-33-23-19-31(20-24-33)39(32-21-25-34(26-22-32)42-28-14-12-10-8-2)35(40)29-15-17-30(18-16-29)38-43-36(3,4)37(5,6)44-38/h15-26H,7-14,27-28H2,1-6H3. The highest BCUT2D eigenvalue weighted by Crippen LogP contribution is 2.36. The van der Waals surface area contributed by atoms with Crippen LogP contribution in [0.5, 0.6) is 11.5 Å². The molecule has 0 saturated carbocycles. The van der Waals surface area contributed by atoms with E-state index in [1.54, 1.807) is 4.90 Å². The molecule has 44 heavy (non-hydrogen) atoms. The summed E-state index contributed by atoms with van der Waals surface area (Å²) < 4.78 is 24.4. The number of unbranched alkanes of at least 4 members (excludes halogenated alkanes) is 6. The van der Waals surface area contributed by atoms with Crippen molar-refractivity contribution in [2.24, 2.45) is 0 Å². The molecular weight excluding hydrogens is 549 g/mol. The summed E-state index contributed by atoms with van der Waals surface area (Å²) in [7, 11) is -0.482. The van der Waals surface area contributed by atoms with E-state index in [1.165, 1.54) is 38.5 Å². The van der Waals surface area contributed by atoms with Gasteiger partial charge >= 0.3 is 7.12 Å². The third-order valence-electron chi connectivity index (χ3n) is 8.61. The Hall–Kier alpha value is -3.29. The van der Waals surface area contributed by atoms with E-state index in [0.29, 0.717) is 18.8 Å². The Balaban J connectivity index is 1.52. The third kappa shape index (κ3) is 8.67. The number of anilines is 2. The second-order valence-electron chi connectivity index (χ2n) is 12.7. The molecule has 0 aliphatic carbocycles. The maximum Gasteiger partial charge on any atom is 0.494 e. The Morgan fingerprint density at radius 1 is 0.636 bits per heavy atom. The van der Waals surface area contributed by atoms with Gasteiger partial charge in [-0.15, -0.1) is 0 Å². The topological polar surface area (TPSA) is 57.2 Å². The minimum Gasteiger partial charge on any atom is -0.494 e. The Morgan fingerprint density at radius 2 is 1.07 bits per heavy atom. The molecule has 1 heterocycles. The van der Waals surface area contributed by atoms with Gasteiger partial charge in [0.1, 0.15) is 11.5 Å². The normalized spacial score (nSPS) is 15.3. The van der Waals surface area contributed by atoms with Crippen molar-refractivity contribution in [3.63, 3.8) is 0 Å². The number of amides is 1. The van der Waals surface area contributed by atoms with Crippen molar-refractivity contribution >= 4 is 29.9 Å². The number of benzene rings is 3. The minimum absolute atomic E-state index is 0.132. The van der Waals surface area contributed by atoms with Crippen molar-refractivity contribution in [1.29, 1.82) is 0 Å². The van der Waals surface area contributed by atoms with Crippen LogP contribution in [-0.2, 0) is 9.31 Å². The highest BCUT2D eigenvalue weighted by Gasteiger charge is 2.51. The van der Waals surface area contributed by atoms with Gasteiger partial charge in [-0.05, 0) is 107 Å². The number of carbonyl (C=O) groups excluding carboxylic acids is 1. The van der Waals surface area contributed by atoms with Gasteiger partial charge in [0.15, 0.2) is 0 Å². The molecule has 0 radical (unpaired) electrons. The fourth-order valence-electron chi connectivity index (χ4n) is 5.10. The minimum atomic E-state index is -0.482. The first-order chi connectivity index (χ1) is 21.1. The summed E-state index contributed by atoms with van der Waals surface area (Å²) in [5.74, 6) is 1.47. The van der Waals surface area contributed by atoms with Crippen LogP contribution in [0, 0.1) is 0 Å². The summed E-state index contributed by atoms with van der Waals surface area (Å²) >= 11 is 0. The molecule has 1 aliphatic heterocycles. The molecule has 0 spiro atoms. The molecule has 4 rings (SSSR count). The zero-order valence-electron chi connectivity index (χ0n) is 27.6. The quantitative estimate of drug-likeness (QED) is 0.122. The monoisotopic (exact) mass is 599 g/mol. The van der Waals surface area contributed by atoms with Crippen LogP contribution in [-0.4, -0.2) is 37.4 Å². The molecule has 1 fully saturated rings. The lowest BCUT2D eigenvalue weighted by Gasteiger charge is -2.32. The van der Waals surface area contributed by atoms with Gasteiger partial charge in [0.05, 0.1) is 24.4 Å². The number of hydrogen-bond acceptors (Lipinski definition) is 5. The van der Waals surface area contributed by atoms with Crippen molar-refractivity contribution in [3.8, 4) is 11.5 Å². The van der Waals surface area contributed by atoms with Gasteiger partial charge < -0.3 is 18.8 Å². The van der Waals surface area contributed by atoms with Gasteiger partial charge in [0, 0.05) is 16.9 Å². The highest BCUT2D eigenvalue weighted by molar-refractivity contribution is 6.62. The molecule has 1 amide bonds. The zero-order chi connectivity index (χ0) is 31.6. The Labute approximate surface area is 265 Å². The molecule has 0 bridgehead atoms. The predicted molar refractivity (Wildman–Crippen MR) is 181 cm³/mol. The number of hydrogen-bond donors (Lipinski definition) is 0. The lowest BCUT2D eigenvalue weighted by molar-refractivity contribution is 0.00578. The van der Waals surface area contributed by atoms with Gasteiger partial charge in [0.25, 0.3) is 5.91 Å². The Bertz CT molecular complexity index is 1230. The number of rotatable bonds is 16. The Kier molecular flexibility index (Phi) is 11.9. The van der Waals surface area contributed by atoms with Crippen LogP contribution >= 0.6 is 0 Å². The summed E-state index contributed by atoms with van der Waals surface area (Å²) in [6, 6.07) is 23.0. The molecule has 7 heteroatoms. The number of ether oxygens (including phenoxy) is 2. The molecule has 1 aliphatic rings. The molecule has 1 saturated heterocycles. The maximum absolute atomic E-state index is 14.1. The van der Waals surface area contributed by atoms with Crippen LogP contribution in [0.3, 0.4) is 0 Å². The van der Waals surface area contributed by atoms with E-state index >= 15 is 0 Å². The molecule has 0 unspecified atom stereocenters. The van der Waals surface area contributed by atoms with Crippen molar-refractivity contribution in [2.75, 3.05) is 18.1 Å². The van der Waals surface area contributed by atoms with Gasteiger partial charge in [-0.2, -0.15) is 0 Å². The van der Waals surface area contributed by atoms with Crippen LogP contribution in [0.4, 0.5) is 11.4 Å². The van der Waals surface area contributed by atoms with E-state index in [4.69, 9.17) is 18.8 Å². The smallest absolute Gasteiger partial charge is 0.494 e. The second kappa shape index (κ2) is 15.6. The maximum atomic E-state index is 14.1. The van der Waals surface area contributed by atoms with Gasteiger partial charge in [-0.25, -0.2) is 0 Å². The predicted octanol–water partition coefficient (Wildman–Crippen LogP) is 8.88. The lowest BCUT2D eigenvalue weighted by Crippen LogP contribution is -2.41. The van der Waals surface area contributed by atoms with E-state index in [1.807, 2.05) is 100 Å². The lowest BCUT2D eigenvalue weighted by atomic mass is 9.79. The van der Waals surface area contributed by atoms with E-state index in [0.717, 1.165) is 41.2 Å². The van der Waals surface area contributed by atoms with E-state index in [2.05, 4.69) is 13.8 Å². The first kappa shape index (κ1) is 33.6. The number of carbonyl (C=O) groups is 1. The van der Waals surface area contributed by atoms with E-state index < -0.39 is 18.3 Å². The van der Waals surface area contributed by atoms with Crippen LogP contribution < -0.4 is 19.8 Å². The Morgan fingerprint density at radius 3 is 1.48 bits per heavy atom. The molecule has 0 atom stereocenters. The first-order valence-electron chi connectivity index (χ1n) is 16.4. The van der Waals surface area contributed by atoms with E-state index in [-0.39, 0.29) is 5.91 Å². The van der Waals surface area contributed by atoms with Crippen LogP contribution in [0.25, 0.3) is 0 Å². The highest BCUT2D eigenvalue weighted by atomic mass is 16.7.